The first-order valence-corrected chi connectivity index (χ1v) is 8.68. The van der Waals surface area contributed by atoms with Gasteiger partial charge in [0.2, 0.25) is 5.91 Å². The fourth-order valence-corrected chi connectivity index (χ4v) is 5.96. The highest BCUT2D eigenvalue weighted by Crippen LogP contribution is 2.69. The van der Waals surface area contributed by atoms with Gasteiger partial charge in [-0.3, -0.25) is 4.79 Å². The van der Waals surface area contributed by atoms with Crippen molar-refractivity contribution in [3.63, 3.8) is 0 Å². The first kappa shape index (κ1) is 13.1. The lowest BCUT2D eigenvalue weighted by atomic mass is 9.73. The summed E-state index contributed by atoms with van der Waals surface area (Å²) in [6, 6.07) is 0. The zero-order chi connectivity index (χ0) is 13.9. The van der Waals surface area contributed by atoms with Crippen LogP contribution >= 0.6 is 0 Å². The Balaban J connectivity index is 1.45. The normalized spacial score (nSPS) is 52.7. The molecular formula is C17H28N2O. The molecule has 4 aliphatic carbocycles. The van der Waals surface area contributed by atoms with Crippen molar-refractivity contribution < 1.29 is 4.79 Å². The zero-order valence-electron chi connectivity index (χ0n) is 12.6. The molecule has 4 aliphatic rings. The third-order valence-electron chi connectivity index (χ3n) is 7.23. The summed E-state index contributed by atoms with van der Waals surface area (Å²) in [6.45, 7) is 2.87. The molecule has 4 rings (SSSR count). The fraction of sp³-hybridized carbons (Fsp3) is 0.941. The van der Waals surface area contributed by atoms with Gasteiger partial charge in [-0.15, -0.1) is 0 Å². The number of fused-ring (bicyclic) bond motifs is 5. The van der Waals surface area contributed by atoms with E-state index in [4.69, 9.17) is 5.73 Å². The van der Waals surface area contributed by atoms with Crippen molar-refractivity contribution in [2.45, 2.75) is 57.4 Å². The van der Waals surface area contributed by atoms with Gasteiger partial charge < -0.3 is 11.1 Å². The van der Waals surface area contributed by atoms with Crippen molar-refractivity contribution in [2.24, 2.45) is 41.2 Å². The lowest BCUT2D eigenvalue weighted by molar-refractivity contribution is -0.126. The quantitative estimate of drug-likeness (QED) is 0.831. The monoisotopic (exact) mass is 276 g/mol. The molecule has 6 unspecified atom stereocenters. The van der Waals surface area contributed by atoms with Gasteiger partial charge in [0.25, 0.3) is 0 Å². The lowest BCUT2D eigenvalue weighted by Gasteiger charge is -2.43. The molecule has 6 atom stereocenters. The Labute approximate surface area is 122 Å². The summed E-state index contributed by atoms with van der Waals surface area (Å²) in [7, 11) is 0. The van der Waals surface area contributed by atoms with Gasteiger partial charge in [-0.05, 0) is 61.7 Å². The van der Waals surface area contributed by atoms with Gasteiger partial charge in [0.05, 0.1) is 5.54 Å². The highest BCUT2D eigenvalue weighted by molar-refractivity contribution is 5.83. The third kappa shape index (κ3) is 1.71. The van der Waals surface area contributed by atoms with Crippen molar-refractivity contribution in [2.75, 3.05) is 6.54 Å². The van der Waals surface area contributed by atoms with Gasteiger partial charge in [0, 0.05) is 12.5 Å². The smallest absolute Gasteiger partial charge is 0.224 e. The molecule has 0 saturated heterocycles. The van der Waals surface area contributed by atoms with Crippen LogP contribution in [0.2, 0.25) is 0 Å². The van der Waals surface area contributed by atoms with Crippen molar-refractivity contribution in [3.8, 4) is 0 Å². The summed E-state index contributed by atoms with van der Waals surface area (Å²) >= 11 is 0. The number of carbonyl (C=O) groups excluding carboxylic acids is 1. The van der Waals surface area contributed by atoms with Crippen LogP contribution in [0.15, 0.2) is 0 Å². The first-order chi connectivity index (χ1) is 9.66. The lowest BCUT2D eigenvalue weighted by Crippen LogP contribution is -2.59. The second-order valence-electron chi connectivity index (χ2n) is 8.01. The minimum absolute atomic E-state index is 0.106. The number of hydrogen-bond acceptors (Lipinski definition) is 2. The second kappa shape index (κ2) is 4.46. The maximum atomic E-state index is 12.7. The Bertz CT molecular complexity index is 407. The van der Waals surface area contributed by atoms with E-state index in [0.717, 1.165) is 30.1 Å². The molecule has 20 heavy (non-hydrogen) atoms. The number of hydrogen-bond donors (Lipinski definition) is 2. The predicted octanol–water partition coefficient (Wildman–Crippen LogP) is 2.30. The van der Waals surface area contributed by atoms with Crippen LogP contribution in [-0.4, -0.2) is 18.0 Å². The van der Waals surface area contributed by atoms with Crippen LogP contribution in [0.25, 0.3) is 0 Å². The number of carbonyl (C=O) groups is 1. The number of rotatable bonds is 3. The first-order valence-electron chi connectivity index (χ1n) is 8.68. The Morgan fingerprint density at radius 3 is 2.50 bits per heavy atom. The second-order valence-corrected chi connectivity index (χ2v) is 8.01. The van der Waals surface area contributed by atoms with Crippen LogP contribution in [0.3, 0.4) is 0 Å². The number of nitrogens with two attached hydrogens (primary N) is 1. The Morgan fingerprint density at radius 1 is 1.20 bits per heavy atom. The van der Waals surface area contributed by atoms with Gasteiger partial charge >= 0.3 is 0 Å². The molecule has 3 heteroatoms. The van der Waals surface area contributed by atoms with E-state index in [1.807, 2.05) is 0 Å². The van der Waals surface area contributed by atoms with Gasteiger partial charge in [-0.25, -0.2) is 0 Å². The highest BCUT2D eigenvalue weighted by atomic mass is 16.2. The maximum Gasteiger partial charge on any atom is 0.224 e. The highest BCUT2D eigenvalue weighted by Gasteiger charge is 2.67. The summed E-state index contributed by atoms with van der Waals surface area (Å²) < 4.78 is 0. The topological polar surface area (TPSA) is 55.1 Å². The van der Waals surface area contributed by atoms with Gasteiger partial charge in [0.1, 0.15) is 0 Å². The van der Waals surface area contributed by atoms with Crippen molar-refractivity contribution in [1.82, 2.24) is 5.32 Å². The summed E-state index contributed by atoms with van der Waals surface area (Å²) in [5, 5.41) is 3.43. The Morgan fingerprint density at radius 2 is 1.90 bits per heavy atom. The van der Waals surface area contributed by atoms with Crippen molar-refractivity contribution >= 4 is 5.91 Å². The Kier molecular flexibility index (Phi) is 2.93. The molecule has 2 bridgehead atoms. The van der Waals surface area contributed by atoms with Gasteiger partial charge in [-0.2, -0.15) is 0 Å². The summed E-state index contributed by atoms with van der Waals surface area (Å²) in [5.74, 6) is 4.44. The number of nitrogens with one attached hydrogen (secondary N) is 1. The molecule has 0 heterocycles. The molecule has 1 amide bonds. The van der Waals surface area contributed by atoms with E-state index >= 15 is 0 Å². The fourth-order valence-electron chi connectivity index (χ4n) is 5.96. The molecular weight excluding hydrogens is 248 g/mol. The molecule has 0 radical (unpaired) electrons. The van der Waals surface area contributed by atoms with Gasteiger partial charge in [-0.1, -0.05) is 19.8 Å². The standard InChI is InChI=1S/C17H28N2O/c1-10-4-2-3-7-17(10,9-18)19-16(20)15-13-11-5-6-12(8-11)14(13)15/h10-15H,2-9,18H2,1H3,(H,19,20). The van der Waals surface area contributed by atoms with Crippen LogP contribution in [0.5, 0.6) is 0 Å². The molecule has 4 fully saturated rings. The van der Waals surface area contributed by atoms with E-state index in [1.165, 1.54) is 38.5 Å². The minimum Gasteiger partial charge on any atom is -0.349 e. The molecule has 3 N–H and O–H groups in total. The SMILES string of the molecule is CC1CCCCC1(CN)NC(=O)C1C2C3CCC(C3)C12. The zero-order valence-corrected chi connectivity index (χ0v) is 12.6. The van der Waals surface area contributed by atoms with E-state index in [9.17, 15) is 4.79 Å². The average molecular weight is 276 g/mol. The Hall–Kier alpha value is -0.570. The summed E-state index contributed by atoms with van der Waals surface area (Å²) in [6.07, 6.45) is 8.97. The molecule has 4 saturated carbocycles. The largest absolute Gasteiger partial charge is 0.349 e. The van der Waals surface area contributed by atoms with Crippen LogP contribution in [0.1, 0.15) is 51.9 Å². The van der Waals surface area contributed by atoms with E-state index in [-0.39, 0.29) is 5.54 Å². The van der Waals surface area contributed by atoms with Crippen LogP contribution < -0.4 is 11.1 Å². The van der Waals surface area contributed by atoms with Gasteiger partial charge in [0.15, 0.2) is 0 Å². The maximum absolute atomic E-state index is 12.7. The van der Waals surface area contributed by atoms with E-state index in [1.54, 1.807) is 0 Å². The van der Waals surface area contributed by atoms with E-state index < -0.39 is 0 Å². The minimum atomic E-state index is -0.106. The van der Waals surface area contributed by atoms with E-state index in [2.05, 4.69) is 12.2 Å². The van der Waals surface area contributed by atoms with Crippen LogP contribution in [0.4, 0.5) is 0 Å². The van der Waals surface area contributed by atoms with Crippen molar-refractivity contribution in [3.05, 3.63) is 0 Å². The molecule has 0 spiro atoms. The molecule has 112 valence electrons. The molecule has 0 aromatic rings. The summed E-state index contributed by atoms with van der Waals surface area (Å²) in [4.78, 5) is 12.7. The van der Waals surface area contributed by atoms with Crippen molar-refractivity contribution in [1.29, 1.82) is 0 Å². The molecule has 0 aromatic heterocycles. The van der Waals surface area contributed by atoms with Crippen LogP contribution in [-0.2, 0) is 4.79 Å². The third-order valence-corrected chi connectivity index (χ3v) is 7.23. The van der Waals surface area contributed by atoms with E-state index in [0.29, 0.717) is 24.3 Å². The molecule has 3 nitrogen and oxygen atoms in total. The predicted molar refractivity (Wildman–Crippen MR) is 78.9 cm³/mol. The molecule has 0 aliphatic heterocycles. The molecule has 0 aromatic carbocycles. The summed E-state index contributed by atoms with van der Waals surface area (Å²) in [5.41, 5.74) is 5.96. The number of amides is 1. The van der Waals surface area contributed by atoms with Crippen LogP contribution in [0, 0.1) is 35.5 Å². The average Bonchev–Trinajstić information content (AvgIpc) is 2.91.